The van der Waals surface area contributed by atoms with Gasteiger partial charge in [-0.05, 0) is 50.0 Å². The number of nitrogens with one attached hydrogen (secondary N) is 2. The third-order valence-electron chi connectivity index (χ3n) is 4.01. The van der Waals surface area contributed by atoms with Crippen molar-refractivity contribution in [1.29, 1.82) is 0 Å². The van der Waals surface area contributed by atoms with E-state index in [4.69, 9.17) is 0 Å². The van der Waals surface area contributed by atoms with Gasteiger partial charge in [0.15, 0.2) is 0 Å². The Labute approximate surface area is 150 Å². The summed E-state index contributed by atoms with van der Waals surface area (Å²) in [5.41, 5.74) is 0.648. The summed E-state index contributed by atoms with van der Waals surface area (Å²) in [6.45, 7) is 8.07. The number of benzene rings is 1. The zero-order chi connectivity index (χ0) is 20.0. The minimum atomic E-state index is -1.26. The second kappa shape index (κ2) is 8.80. The number of hydrogen-bond acceptors (Lipinski definition) is 4. The van der Waals surface area contributed by atoms with Crippen LogP contribution in [0.15, 0.2) is 12.7 Å². The molecule has 0 unspecified atom stereocenters. The molecule has 0 atom stereocenters. The van der Waals surface area contributed by atoms with Gasteiger partial charge in [-0.2, -0.15) is 0 Å². The van der Waals surface area contributed by atoms with Gasteiger partial charge >= 0.3 is 11.9 Å². The molecule has 140 valence electrons. The van der Waals surface area contributed by atoms with E-state index in [0.717, 1.165) is 6.08 Å². The van der Waals surface area contributed by atoms with Crippen LogP contribution in [0.1, 0.15) is 50.2 Å². The highest BCUT2D eigenvalue weighted by Crippen LogP contribution is 2.31. The smallest absolute Gasteiger partial charge is 0.336 e. The van der Waals surface area contributed by atoms with Crippen molar-refractivity contribution in [3.8, 4) is 0 Å². The molecule has 0 heterocycles. The van der Waals surface area contributed by atoms with E-state index in [9.17, 15) is 29.4 Å². The lowest BCUT2D eigenvalue weighted by molar-refractivity contribution is -0.118. The first-order chi connectivity index (χ1) is 12.1. The number of carboxylic acids is 2. The second-order valence-corrected chi connectivity index (χ2v) is 5.76. The van der Waals surface area contributed by atoms with Gasteiger partial charge in [0.25, 0.3) is 0 Å². The highest BCUT2D eigenvalue weighted by molar-refractivity contribution is 6.04. The van der Waals surface area contributed by atoms with Crippen molar-refractivity contribution in [2.45, 2.75) is 33.6 Å². The molecule has 1 aromatic carbocycles. The Balaban J connectivity index is 3.07. The van der Waals surface area contributed by atoms with E-state index in [1.165, 1.54) is 20.8 Å². The van der Waals surface area contributed by atoms with E-state index in [1.54, 1.807) is 0 Å². The van der Waals surface area contributed by atoms with Gasteiger partial charge in [-0.3, -0.25) is 9.59 Å². The lowest BCUT2D eigenvalue weighted by Gasteiger charge is -2.19. The summed E-state index contributed by atoms with van der Waals surface area (Å²) in [5.74, 6) is -3.26. The molecule has 8 heteroatoms. The Morgan fingerprint density at radius 3 is 1.88 bits per heavy atom. The molecule has 0 radical (unpaired) electrons. The zero-order valence-electron chi connectivity index (χ0n) is 14.9. The lowest BCUT2D eigenvalue weighted by Crippen LogP contribution is -2.24. The fraction of sp³-hybridized carbons (Fsp3) is 0.333. The summed E-state index contributed by atoms with van der Waals surface area (Å²) in [6, 6.07) is 0. The maximum absolute atomic E-state index is 12.1. The molecule has 8 nitrogen and oxygen atoms in total. The molecule has 26 heavy (non-hydrogen) atoms. The van der Waals surface area contributed by atoms with Crippen molar-refractivity contribution >= 4 is 29.4 Å². The summed E-state index contributed by atoms with van der Waals surface area (Å²) < 4.78 is 0. The quantitative estimate of drug-likeness (QED) is 0.413. The minimum absolute atomic E-state index is 0.0784. The number of carbonyl (C=O) groups excluding carboxylic acids is 2. The van der Waals surface area contributed by atoms with Gasteiger partial charge in [0, 0.05) is 18.7 Å². The SMILES string of the molecule is C=CC(=O)NCCCC(=O)Nc1c(C)c(C(=O)O)c(C)c(C(=O)O)c1C. The molecule has 0 fully saturated rings. The largest absolute Gasteiger partial charge is 0.478 e. The van der Waals surface area contributed by atoms with Crippen LogP contribution in [0.4, 0.5) is 5.69 Å². The molecule has 4 N–H and O–H groups in total. The summed E-state index contributed by atoms with van der Waals surface area (Å²) in [5, 5.41) is 23.9. The van der Waals surface area contributed by atoms with Crippen molar-refractivity contribution in [2.24, 2.45) is 0 Å². The number of carbonyl (C=O) groups is 4. The van der Waals surface area contributed by atoms with E-state index in [-0.39, 0.29) is 41.3 Å². The third kappa shape index (κ3) is 4.69. The standard InChI is InChI=1S/C18H22N2O6/c1-5-12(21)19-8-6-7-13(22)20-16-10(3)14(17(23)24)9(2)15(11(16)4)18(25)26/h5H,1,6-8H2,2-4H3,(H,19,21)(H,20,22)(H,23,24)(H,25,26). The van der Waals surface area contributed by atoms with Crippen LogP contribution in [0.25, 0.3) is 0 Å². The van der Waals surface area contributed by atoms with Crippen LogP contribution in [0.2, 0.25) is 0 Å². The van der Waals surface area contributed by atoms with Crippen LogP contribution in [0, 0.1) is 20.8 Å². The molecule has 2 amide bonds. The first-order valence-corrected chi connectivity index (χ1v) is 7.92. The normalized spacial score (nSPS) is 10.1. The van der Waals surface area contributed by atoms with E-state index >= 15 is 0 Å². The maximum atomic E-state index is 12.1. The van der Waals surface area contributed by atoms with Crippen molar-refractivity contribution in [2.75, 3.05) is 11.9 Å². The Morgan fingerprint density at radius 1 is 0.962 bits per heavy atom. The van der Waals surface area contributed by atoms with Crippen molar-refractivity contribution < 1.29 is 29.4 Å². The summed E-state index contributed by atoms with van der Waals surface area (Å²) in [4.78, 5) is 46.2. The van der Waals surface area contributed by atoms with E-state index in [2.05, 4.69) is 17.2 Å². The monoisotopic (exact) mass is 362 g/mol. The Bertz CT molecular complexity index is 741. The maximum Gasteiger partial charge on any atom is 0.336 e. The molecule has 0 spiro atoms. The fourth-order valence-corrected chi connectivity index (χ4v) is 2.78. The van der Waals surface area contributed by atoms with Crippen LogP contribution >= 0.6 is 0 Å². The van der Waals surface area contributed by atoms with E-state index in [1.807, 2.05) is 0 Å². The fourth-order valence-electron chi connectivity index (χ4n) is 2.78. The Kier molecular flexibility index (Phi) is 7.06. The number of aromatic carboxylic acids is 2. The van der Waals surface area contributed by atoms with Crippen LogP contribution in [-0.2, 0) is 9.59 Å². The zero-order valence-corrected chi connectivity index (χ0v) is 14.9. The highest BCUT2D eigenvalue weighted by atomic mass is 16.4. The molecule has 0 bridgehead atoms. The summed E-state index contributed by atoms with van der Waals surface area (Å²) in [6.07, 6.45) is 1.57. The molecule has 1 rings (SSSR count). The van der Waals surface area contributed by atoms with E-state index < -0.39 is 17.8 Å². The Morgan fingerprint density at radius 2 is 1.46 bits per heavy atom. The minimum Gasteiger partial charge on any atom is -0.478 e. The molecule has 0 aromatic heterocycles. The first-order valence-electron chi connectivity index (χ1n) is 7.92. The van der Waals surface area contributed by atoms with E-state index in [0.29, 0.717) is 17.5 Å². The molecular formula is C18H22N2O6. The number of anilines is 1. The predicted molar refractivity (Wildman–Crippen MR) is 95.6 cm³/mol. The number of rotatable bonds is 8. The number of amides is 2. The lowest BCUT2D eigenvalue weighted by atomic mass is 9.91. The van der Waals surface area contributed by atoms with Crippen LogP contribution in [-0.4, -0.2) is 40.5 Å². The second-order valence-electron chi connectivity index (χ2n) is 5.76. The van der Waals surface area contributed by atoms with Crippen molar-refractivity contribution in [1.82, 2.24) is 5.32 Å². The summed E-state index contributed by atoms with van der Waals surface area (Å²) in [7, 11) is 0. The summed E-state index contributed by atoms with van der Waals surface area (Å²) >= 11 is 0. The average molecular weight is 362 g/mol. The highest BCUT2D eigenvalue weighted by Gasteiger charge is 2.25. The molecule has 0 aliphatic rings. The van der Waals surface area contributed by atoms with Gasteiger partial charge in [0.1, 0.15) is 0 Å². The molecule has 0 aliphatic heterocycles. The van der Waals surface area contributed by atoms with Crippen molar-refractivity contribution in [3.05, 3.63) is 40.5 Å². The van der Waals surface area contributed by atoms with Gasteiger partial charge in [0.05, 0.1) is 11.1 Å². The van der Waals surface area contributed by atoms with Crippen LogP contribution in [0.5, 0.6) is 0 Å². The van der Waals surface area contributed by atoms with Crippen LogP contribution in [0.3, 0.4) is 0 Å². The molecule has 0 aliphatic carbocycles. The van der Waals surface area contributed by atoms with Crippen molar-refractivity contribution in [3.63, 3.8) is 0 Å². The van der Waals surface area contributed by atoms with Gasteiger partial charge in [-0.1, -0.05) is 6.58 Å². The predicted octanol–water partition coefficient (Wildman–Crippen LogP) is 2.03. The number of carboxylic acid groups (broad SMARTS) is 2. The van der Waals surface area contributed by atoms with Gasteiger partial charge < -0.3 is 20.8 Å². The van der Waals surface area contributed by atoms with Crippen LogP contribution < -0.4 is 10.6 Å². The number of hydrogen-bond donors (Lipinski definition) is 4. The average Bonchev–Trinajstić information content (AvgIpc) is 2.54. The topological polar surface area (TPSA) is 133 Å². The van der Waals surface area contributed by atoms with Gasteiger partial charge in [-0.25, -0.2) is 9.59 Å². The molecule has 0 saturated carbocycles. The molecule has 1 aromatic rings. The third-order valence-corrected chi connectivity index (χ3v) is 4.01. The first kappa shape index (κ1) is 20.9. The molecule has 0 saturated heterocycles. The Hall–Kier alpha value is -3.16. The van der Waals surface area contributed by atoms with Gasteiger partial charge in [0.2, 0.25) is 11.8 Å². The van der Waals surface area contributed by atoms with Gasteiger partial charge in [-0.15, -0.1) is 0 Å². The molecular weight excluding hydrogens is 340 g/mol.